The molecule has 0 unspecified atom stereocenters. The topological polar surface area (TPSA) is 96.0 Å². The molecule has 278 valence electrons. The smallest absolute Gasteiger partial charge is 0.335 e. The molecule has 9 heterocycles. The van der Waals surface area contributed by atoms with Gasteiger partial charge in [0.25, 0.3) is 0 Å². The second-order valence-electron chi connectivity index (χ2n) is 19.1. The number of piperidine rings is 3. The van der Waals surface area contributed by atoms with Gasteiger partial charge in [-0.15, -0.1) is 0 Å². The lowest BCUT2D eigenvalue weighted by molar-refractivity contribution is -0.219. The zero-order valence-corrected chi connectivity index (χ0v) is 30.9. The maximum absolute atomic E-state index is 14.0. The molecule has 9 aliphatic heterocycles. The Morgan fingerprint density at radius 2 is 1.70 bits per heavy atom. The van der Waals surface area contributed by atoms with Crippen LogP contribution < -0.4 is 15.0 Å². The van der Waals surface area contributed by atoms with Crippen LogP contribution in [0.25, 0.3) is 0 Å². The van der Waals surface area contributed by atoms with E-state index < -0.39 is 5.60 Å². The van der Waals surface area contributed by atoms with Gasteiger partial charge in [0.15, 0.2) is 0 Å². The van der Waals surface area contributed by atoms with Crippen molar-refractivity contribution in [3.63, 3.8) is 0 Å². The zero-order chi connectivity index (χ0) is 35.3. The Morgan fingerprint density at radius 1 is 0.868 bits per heavy atom. The standard InChI is InChI=1S/C43H50N4O6/c1-50-29-9-5-7-27-31(29)47-24-38(21-41(49)22-40-14-18-52-30(40)10-15-45-16-12-43(27,35(40)45)36(41)47)23-46-17-11-42-26-6-3-4-8-28(26)44-32(42)25(33(48)51-2)20-39(34(42)46)13-19-53-37(38)39/h3-9,30,34-37,44,49H,10-24H2,1-2H3/t30-,34-,35-,36-,37+,38+,39-,40+,41+,42-,43+/m0/s1. The van der Waals surface area contributed by atoms with Crippen molar-refractivity contribution < 1.29 is 28.8 Å². The second kappa shape index (κ2) is 9.62. The molecule has 53 heavy (non-hydrogen) atoms. The van der Waals surface area contributed by atoms with E-state index >= 15 is 0 Å². The summed E-state index contributed by atoms with van der Waals surface area (Å²) in [6.07, 6.45) is 7.05. The van der Waals surface area contributed by atoms with E-state index in [0.717, 1.165) is 101 Å². The molecule has 5 spiro atoms. The zero-order valence-electron chi connectivity index (χ0n) is 30.9. The minimum atomic E-state index is -0.960. The minimum Gasteiger partial charge on any atom is -0.495 e. The number of carbonyl (C=O) groups excluding carboxylic acids is 1. The average molecular weight is 719 g/mol. The van der Waals surface area contributed by atoms with E-state index in [1.807, 2.05) is 7.11 Å². The van der Waals surface area contributed by atoms with E-state index in [2.05, 4.69) is 62.5 Å². The van der Waals surface area contributed by atoms with Crippen LogP contribution in [0, 0.1) is 16.2 Å². The van der Waals surface area contributed by atoms with Crippen molar-refractivity contribution in [1.29, 1.82) is 0 Å². The average Bonchev–Trinajstić information content (AvgIpc) is 4.01. The van der Waals surface area contributed by atoms with Gasteiger partial charge in [-0.25, -0.2) is 4.79 Å². The Labute approximate surface area is 310 Å². The molecule has 10 heteroatoms. The number of nitrogens with one attached hydrogen (secondary N) is 1. The molecule has 0 amide bonds. The summed E-state index contributed by atoms with van der Waals surface area (Å²) in [4.78, 5) is 22.2. The van der Waals surface area contributed by atoms with Crippen molar-refractivity contribution in [2.45, 2.75) is 98.1 Å². The Hall–Kier alpha value is -3.15. The van der Waals surface area contributed by atoms with Gasteiger partial charge in [0.05, 0.1) is 54.7 Å². The van der Waals surface area contributed by atoms with Crippen molar-refractivity contribution in [3.05, 3.63) is 64.9 Å². The molecule has 0 bridgehead atoms. The third-order valence-electron chi connectivity index (χ3n) is 17.5. The highest BCUT2D eigenvalue weighted by atomic mass is 16.5. The van der Waals surface area contributed by atoms with Crippen molar-refractivity contribution >= 4 is 17.3 Å². The summed E-state index contributed by atoms with van der Waals surface area (Å²) in [5.41, 5.74) is 4.56. The molecule has 2 N–H and O–H groups in total. The number of para-hydroxylation sites is 2. The first-order valence-corrected chi connectivity index (χ1v) is 20.4. The first-order valence-electron chi connectivity index (χ1n) is 20.4. The monoisotopic (exact) mass is 718 g/mol. The van der Waals surface area contributed by atoms with E-state index in [9.17, 15) is 9.90 Å². The Morgan fingerprint density at radius 3 is 2.58 bits per heavy atom. The molecule has 0 radical (unpaired) electrons. The van der Waals surface area contributed by atoms with Crippen LogP contribution in [0.4, 0.5) is 11.4 Å². The van der Waals surface area contributed by atoms with Crippen molar-refractivity contribution in [3.8, 4) is 5.75 Å². The molecule has 10 nitrogen and oxygen atoms in total. The number of carbonyl (C=O) groups is 1. The quantitative estimate of drug-likeness (QED) is 0.445. The van der Waals surface area contributed by atoms with Crippen LogP contribution in [0.2, 0.25) is 0 Å². The van der Waals surface area contributed by atoms with Crippen LogP contribution in [-0.4, -0.2) is 117 Å². The number of anilines is 2. The van der Waals surface area contributed by atoms with Gasteiger partial charge in [-0.3, -0.25) is 9.80 Å². The number of methoxy groups -OCH3 is 2. The van der Waals surface area contributed by atoms with E-state index in [1.165, 1.54) is 23.9 Å². The number of ether oxygens (including phenoxy) is 4. The molecule has 7 saturated heterocycles. The Balaban J connectivity index is 1.03. The first-order chi connectivity index (χ1) is 25.8. The van der Waals surface area contributed by atoms with E-state index in [4.69, 9.17) is 18.9 Å². The van der Waals surface area contributed by atoms with Gasteiger partial charge in [0.1, 0.15) is 5.75 Å². The summed E-state index contributed by atoms with van der Waals surface area (Å²) in [6.45, 7) is 6.18. The molecule has 13 rings (SSSR count). The number of aliphatic hydroxyl groups is 1. The van der Waals surface area contributed by atoms with Crippen molar-refractivity contribution in [2.24, 2.45) is 16.2 Å². The van der Waals surface area contributed by atoms with E-state index in [-0.39, 0.29) is 57.3 Å². The predicted octanol–water partition coefficient (Wildman–Crippen LogP) is 3.96. The van der Waals surface area contributed by atoms with Crippen molar-refractivity contribution in [2.75, 3.05) is 70.4 Å². The largest absolute Gasteiger partial charge is 0.495 e. The highest BCUT2D eigenvalue weighted by Crippen LogP contribution is 2.75. The molecule has 11 aliphatic rings. The van der Waals surface area contributed by atoms with Gasteiger partial charge >= 0.3 is 5.97 Å². The fourth-order valence-electron chi connectivity index (χ4n) is 16.9. The molecule has 0 aromatic heterocycles. The summed E-state index contributed by atoms with van der Waals surface area (Å²) in [5, 5.41) is 17.8. The molecule has 1 saturated carbocycles. The third kappa shape index (κ3) is 3.17. The molecule has 11 atom stereocenters. The summed E-state index contributed by atoms with van der Waals surface area (Å²) in [5.74, 6) is 0.683. The lowest BCUT2D eigenvalue weighted by atomic mass is 9.43. The normalized spacial score (nSPS) is 47.6. The predicted molar refractivity (Wildman–Crippen MR) is 196 cm³/mol. The van der Waals surface area contributed by atoms with Crippen molar-refractivity contribution in [1.82, 2.24) is 9.80 Å². The van der Waals surface area contributed by atoms with Crippen LogP contribution in [0.5, 0.6) is 5.75 Å². The van der Waals surface area contributed by atoms with Gasteiger partial charge in [-0.05, 0) is 87.7 Å². The van der Waals surface area contributed by atoms with Gasteiger partial charge < -0.3 is 34.3 Å². The van der Waals surface area contributed by atoms with Crippen LogP contribution in [-0.2, 0) is 29.8 Å². The van der Waals surface area contributed by atoms with Gasteiger partial charge in [0.2, 0.25) is 0 Å². The molecular weight excluding hydrogens is 668 g/mol. The summed E-state index contributed by atoms with van der Waals surface area (Å²) >= 11 is 0. The molecule has 2 aromatic rings. The van der Waals surface area contributed by atoms with Gasteiger partial charge in [-0.2, -0.15) is 0 Å². The maximum atomic E-state index is 14.0. The Kier molecular flexibility index (Phi) is 5.64. The van der Waals surface area contributed by atoms with E-state index in [1.54, 1.807) is 0 Å². The van der Waals surface area contributed by atoms with Gasteiger partial charge in [-0.1, -0.05) is 30.3 Å². The number of rotatable bonds is 2. The molecular formula is C43H50N4O6. The highest BCUT2D eigenvalue weighted by Gasteiger charge is 2.82. The van der Waals surface area contributed by atoms with E-state index in [0.29, 0.717) is 25.5 Å². The highest BCUT2D eigenvalue weighted by molar-refractivity contribution is 5.93. The number of esters is 1. The number of hydrogen-bond donors (Lipinski definition) is 2. The molecule has 2 aromatic carbocycles. The second-order valence-corrected chi connectivity index (χ2v) is 19.1. The van der Waals surface area contributed by atoms with Crippen LogP contribution in [0.3, 0.4) is 0 Å². The fourth-order valence-corrected chi connectivity index (χ4v) is 16.9. The SMILES string of the molecule is COC(=O)C1=C2Nc3ccccc3[C@@]23CCN2C[C@]4(CN5c6c(OC)cccc6[C@@]67CCN8CC[C@@H]9OCC[C@]9(C[C@](O)(C4)[C@H]56)[C@H]87)[C@H]4OCC[C@]4(C1)[C@H]23. The first kappa shape index (κ1) is 31.1. The minimum absolute atomic E-state index is 0.0405. The number of hydrogen-bond acceptors (Lipinski definition) is 10. The van der Waals surface area contributed by atoms with Crippen LogP contribution in [0.1, 0.15) is 62.5 Å². The number of fused-ring (bicyclic) bond motifs is 4. The summed E-state index contributed by atoms with van der Waals surface area (Å²) < 4.78 is 25.8. The lowest BCUT2D eigenvalue weighted by Gasteiger charge is -2.70. The summed E-state index contributed by atoms with van der Waals surface area (Å²) in [6, 6.07) is 15.9. The maximum Gasteiger partial charge on any atom is 0.335 e. The van der Waals surface area contributed by atoms with Crippen LogP contribution in [0.15, 0.2) is 53.7 Å². The Bertz CT molecular complexity index is 2060. The summed E-state index contributed by atoms with van der Waals surface area (Å²) in [7, 11) is 3.33. The number of nitrogens with zero attached hydrogens (tertiary/aromatic N) is 3. The number of benzene rings is 2. The lowest BCUT2D eigenvalue weighted by Crippen LogP contribution is -2.81. The van der Waals surface area contributed by atoms with Gasteiger partial charge in [0, 0.05) is 78.0 Å². The molecule has 2 aliphatic carbocycles. The molecule has 8 fully saturated rings. The fraction of sp³-hybridized carbons (Fsp3) is 0.651. The van der Waals surface area contributed by atoms with Crippen LogP contribution >= 0.6 is 0 Å². The third-order valence-corrected chi connectivity index (χ3v) is 17.5.